The second kappa shape index (κ2) is 7.96. The predicted octanol–water partition coefficient (Wildman–Crippen LogP) is 3.83. The Balaban J connectivity index is 1.96. The highest BCUT2D eigenvalue weighted by Crippen LogP contribution is 2.17. The Bertz CT molecular complexity index is 399. The maximum absolute atomic E-state index is 13.4. The number of rotatable bonds is 6. The van der Waals surface area contributed by atoms with Crippen molar-refractivity contribution >= 4 is 11.6 Å². The van der Waals surface area contributed by atoms with E-state index in [1.807, 2.05) is 6.07 Å². The van der Waals surface area contributed by atoms with Crippen LogP contribution in [0.2, 0.25) is 5.02 Å². The molecule has 20 heavy (non-hydrogen) atoms. The first-order chi connectivity index (χ1) is 9.67. The second-order valence-electron chi connectivity index (χ2n) is 5.66. The van der Waals surface area contributed by atoms with Gasteiger partial charge in [0.25, 0.3) is 0 Å². The summed E-state index contributed by atoms with van der Waals surface area (Å²) in [4.78, 5) is 2.40. The molecule has 1 N–H and O–H groups in total. The molecule has 0 bridgehead atoms. The van der Waals surface area contributed by atoms with Gasteiger partial charge >= 0.3 is 0 Å². The average Bonchev–Trinajstić information content (AvgIpc) is 2.39. The Morgan fingerprint density at radius 2 is 2.20 bits per heavy atom. The van der Waals surface area contributed by atoms with E-state index in [2.05, 4.69) is 17.1 Å². The van der Waals surface area contributed by atoms with Gasteiger partial charge in [-0.2, -0.15) is 0 Å². The van der Waals surface area contributed by atoms with Crippen LogP contribution < -0.4 is 5.32 Å². The summed E-state index contributed by atoms with van der Waals surface area (Å²) in [6.07, 6.45) is 4.94. The van der Waals surface area contributed by atoms with Crippen LogP contribution in [-0.2, 0) is 6.54 Å². The van der Waals surface area contributed by atoms with Crippen LogP contribution >= 0.6 is 11.6 Å². The van der Waals surface area contributed by atoms with Gasteiger partial charge in [0, 0.05) is 24.2 Å². The minimum absolute atomic E-state index is 0.250. The summed E-state index contributed by atoms with van der Waals surface area (Å²) in [5.74, 6) is -0.250. The van der Waals surface area contributed by atoms with E-state index in [1.54, 1.807) is 6.07 Å². The molecule has 112 valence electrons. The van der Waals surface area contributed by atoms with Gasteiger partial charge in [0.15, 0.2) is 0 Å². The fourth-order valence-electron chi connectivity index (χ4n) is 2.90. The van der Waals surface area contributed by atoms with Gasteiger partial charge in [0.05, 0.1) is 0 Å². The van der Waals surface area contributed by atoms with Crippen molar-refractivity contribution in [2.75, 3.05) is 19.6 Å². The highest BCUT2D eigenvalue weighted by molar-refractivity contribution is 6.30. The smallest absolute Gasteiger partial charge is 0.125 e. The van der Waals surface area contributed by atoms with Gasteiger partial charge in [-0.05, 0) is 56.1 Å². The Morgan fingerprint density at radius 3 is 2.85 bits per heavy atom. The summed E-state index contributed by atoms with van der Waals surface area (Å²) in [5, 5.41) is 4.05. The molecule has 0 spiro atoms. The largest absolute Gasteiger partial charge is 0.313 e. The Hall–Kier alpha value is -0.640. The number of benzene rings is 1. The van der Waals surface area contributed by atoms with Crippen LogP contribution in [0.25, 0.3) is 0 Å². The lowest BCUT2D eigenvalue weighted by atomic mass is 10.0. The average molecular weight is 299 g/mol. The lowest BCUT2D eigenvalue weighted by molar-refractivity contribution is 0.217. The number of nitrogens with zero attached hydrogens (tertiary/aromatic N) is 1. The van der Waals surface area contributed by atoms with Gasteiger partial charge in [-0.15, -0.1) is 0 Å². The fraction of sp³-hybridized carbons (Fsp3) is 0.625. The first kappa shape index (κ1) is 15.7. The zero-order valence-corrected chi connectivity index (χ0v) is 12.9. The molecule has 1 unspecified atom stereocenters. The van der Waals surface area contributed by atoms with E-state index in [0.29, 0.717) is 11.1 Å². The number of hydrogen-bond acceptors (Lipinski definition) is 2. The lowest BCUT2D eigenvalue weighted by Crippen LogP contribution is -2.43. The summed E-state index contributed by atoms with van der Waals surface area (Å²) in [6.45, 7) is 6.13. The highest BCUT2D eigenvalue weighted by atomic mass is 35.5. The summed E-state index contributed by atoms with van der Waals surface area (Å²) in [5.41, 5.74) is 0.958. The Kier molecular flexibility index (Phi) is 6.27. The van der Waals surface area contributed by atoms with E-state index >= 15 is 0 Å². The van der Waals surface area contributed by atoms with Crippen LogP contribution in [-0.4, -0.2) is 30.6 Å². The molecule has 1 aliphatic rings. The number of hydrogen-bond donors (Lipinski definition) is 1. The molecule has 1 fully saturated rings. The van der Waals surface area contributed by atoms with Crippen molar-refractivity contribution in [1.82, 2.24) is 10.2 Å². The molecule has 0 aromatic heterocycles. The molecule has 4 heteroatoms. The third-order valence-electron chi connectivity index (χ3n) is 3.76. The van der Waals surface area contributed by atoms with Crippen molar-refractivity contribution in [2.24, 2.45) is 0 Å². The quantitative estimate of drug-likeness (QED) is 0.858. The van der Waals surface area contributed by atoms with Gasteiger partial charge in [-0.3, -0.25) is 4.90 Å². The maximum Gasteiger partial charge on any atom is 0.125 e. The predicted molar refractivity (Wildman–Crippen MR) is 82.6 cm³/mol. The van der Waals surface area contributed by atoms with E-state index < -0.39 is 0 Å². The minimum atomic E-state index is -0.250. The number of halogens is 2. The second-order valence-corrected chi connectivity index (χ2v) is 6.10. The summed E-state index contributed by atoms with van der Waals surface area (Å²) in [6, 6.07) is 5.38. The molecule has 1 aliphatic heterocycles. The van der Waals surface area contributed by atoms with Crippen molar-refractivity contribution in [3.05, 3.63) is 34.6 Å². The first-order valence-corrected chi connectivity index (χ1v) is 7.96. The zero-order chi connectivity index (χ0) is 14.4. The van der Waals surface area contributed by atoms with Gasteiger partial charge in [0.2, 0.25) is 0 Å². The van der Waals surface area contributed by atoms with Crippen LogP contribution in [0.15, 0.2) is 18.2 Å². The molecule has 2 nitrogen and oxygen atoms in total. The Labute approximate surface area is 126 Å². The van der Waals surface area contributed by atoms with Gasteiger partial charge in [0.1, 0.15) is 5.82 Å². The molecular formula is C16H24ClFN2. The molecule has 1 saturated heterocycles. The van der Waals surface area contributed by atoms with Gasteiger partial charge in [-0.25, -0.2) is 4.39 Å². The van der Waals surface area contributed by atoms with E-state index in [-0.39, 0.29) is 5.82 Å². The molecule has 1 heterocycles. The lowest BCUT2D eigenvalue weighted by Gasteiger charge is -2.30. The molecule has 1 aromatic rings. The summed E-state index contributed by atoms with van der Waals surface area (Å²) < 4.78 is 13.4. The SMILES string of the molecule is CCCN(Cc1cc(F)cc(Cl)c1)CC1CCCCN1. The van der Waals surface area contributed by atoms with Crippen molar-refractivity contribution in [2.45, 2.75) is 45.2 Å². The van der Waals surface area contributed by atoms with Crippen molar-refractivity contribution in [3.63, 3.8) is 0 Å². The number of nitrogens with one attached hydrogen (secondary N) is 1. The number of piperidine rings is 1. The third kappa shape index (κ3) is 5.04. The molecular weight excluding hydrogens is 275 g/mol. The zero-order valence-electron chi connectivity index (χ0n) is 12.2. The van der Waals surface area contributed by atoms with Gasteiger partial charge < -0.3 is 5.32 Å². The van der Waals surface area contributed by atoms with Gasteiger partial charge in [-0.1, -0.05) is 24.9 Å². The normalized spacial score (nSPS) is 19.5. The molecule has 2 rings (SSSR count). The summed E-state index contributed by atoms with van der Waals surface area (Å²) >= 11 is 5.93. The standard InChI is InChI=1S/C16H24ClFN2/c1-2-7-20(12-16-5-3-4-6-19-16)11-13-8-14(17)10-15(18)9-13/h8-10,16,19H,2-7,11-12H2,1H3. The van der Waals surface area contributed by atoms with Crippen LogP contribution in [0.1, 0.15) is 38.2 Å². The molecule has 1 aromatic carbocycles. The highest BCUT2D eigenvalue weighted by Gasteiger charge is 2.16. The maximum atomic E-state index is 13.4. The van der Waals surface area contributed by atoms with Crippen LogP contribution in [0.3, 0.4) is 0 Å². The van der Waals surface area contributed by atoms with Crippen molar-refractivity contribution in [3.8, 4) is 0 Å². The van der Waals surface area contributed by atoms with Crippen LogP contribution in [0.5, 0.6) is 0 Å². The molecule has 0 aliphatic carbocycles. The molecule has 0 amide bonds. The van der Waals surface area contributed by atoms with E-state index in [9.17, 15) is 4.39 Å². The van der Waals surface area contributed by atoms with E-state index in [1.165, 1.54) is 25.3 Å². The van der Waals surface area contributed by atoms with Crippen LogP contribution in [0, 0.1) is 5.82 Å². The van der Waals surface area contributed by atoms with E-state index in [0.717, 1.165) is 38.2 Å². The van der Waals surface area contributed by atoms with E-state index in [4.69, 9.17) is 11.6 Å². The topological polar surface area (TPSA) is 15.3 Å². The molecule has 0 saturated carbocycles. The minimum Gasteiger partial charge on any atom is -0.313 e. The third-order valence-corrected chi connectivity index (χ3v) is 3.98. The Morgan fingerprint density at radius 1 is 1.35 bits per heavy atom. The molecule has 1 atom stereocenters. The first-order valence-electron chi connectivity index (χ1n) is 7.58. The molecule has 0 radical (unpaired) electrons. The van der Waals surface area contributed by atoms with Crippen molar-refractivity contribution < 1.29 is 4.39 Å². The summed E-state index contributed by atoms with van der Waals surface area (Å²) in [7, 11) is 0. The monoisotopic (exact) mass is 298 g/mol. The van der Waals surface area contributed by atoms with Crippen LogP contribution in [0.4, 0.5) is 4.39 Å². The fourth-order valence-corrected chi connectivity index (χ4v) is 3.15. The van der Waals surface area contributed by atoms with Crippen molar-refractivity contribution in [1.29, 1.82) is 0 Å².